The molecule has 3 aromatic rings. The Bertz CT molecular complexity index is 649. The van der Waals surface area contributed by atoms with Gasteiger partial charge in [0.25, 0.3) is 0 Å². The van der Waals surface area contributed by atoms with Crippen molar-refractivity contribution < 1.29 is 5.11 Å². The summed E-state index contributed by atoms with van der Waals surface area (Å²) in [5, 5.41) is 12.2. The van der Waals surface area contributed by atoms with E-state index in [2.05, 4.69) is 9.97 Å². The fraction of sp³-hybridized carbons (Fsp3) is 0. The van der Waals surface area contributed by atoms with E-state index in [0.717, 1.165) is 20.1 Å². The molecule has 0 saturated heterocycles. The minimum Gasteiger partial charge on any atom is -0.508 e. The van der Waals surface area contributed by atoms with Crippen LogP contribution in [0.2, 0.25) is 0 Å². The Kier molecular flexibility index (Phi) is 2.70. The maximum atomic E-state index is 9.23. The summed E-state index contributed by atoms with van der Waals surface area (Å²) in [5.41, 5.74) is 0.978. The van der Waals surface area contributed by atoms with Crippen molar-refractivity contribution in [3.63, 3.8) is 0 Å². The number of benzene rings is 1. The van der Waals surface area contributed by atoms with E-state index in [0.29, 0.717) is 0 Å². The lowest BCUT2D eigenvalue weighted by atomic mass is 10.3. The first kappa shape index (κ1) is 10.6. The molecule has 0 amide bonds. The minimum atomic E-state index is 0.276. The molecule has 0 aliphatic heterocycles. The van der Waals surface area contributed by atoms with Crippen LogP contribution in [0.1, 0.15) is 0 Å². The lowest BCUT2D eigenvalue weighted by Crippen LogP contribution is -1.82. The maximum absolute atomic E-state index is 9.23. The Morgan fingerprint density at radius 2 is 1.88 bits per heavy atom. The van der Waals surface area contributed by atoms with Gasteiger partial charge in [0.1, 0.15) is 17.1 Å². The number of thiophene rings is 1. The second-order valence-electron chi connectivity index (χ2n) is 3.41. The second kappa shape index (κ2) is 4.35. The summed E-state index contributed by atoms with van der Waals surface area (Å²) in [6, 6.07) is 9.09. The Balaban J connectivity index is 1.99. The largest absolute Gasteiger partial charge is 0.508 e. The maximum Gasteiger partial charge on any atom is 0.122 e. The van der Waals surface area contributed by atoms with Crippen molar-refractivity contribution >= 4 is 33.3 Å². The first-order valence-electron chi connectivity index (χ1n) is 4.98. The number of hydrogen-bond acceptors (Lipinski definition) is 5. The fourth-order valence-corrected chi connectivity index (χ4v) is 3.25. The van der Waals surface area contributed by atoms with E-state index < -0.39 is 0 Å². The van der Waals surface area contributed by atoms with Crippen molar-refractivity contribution in [2.75, 3.05) is 0 Å². The van der Waals surface area contributed by atoms with Gasteiger partial charge in [0.05, 0.1) is 10.2 Å². The van der Waals surface area contributed by atoms with E-state index in [1.807, 2.05) is 23.6 Å². The van der Waals surface area contributed by atoms with E-state index in [-0.39, 0.29) is 5.75 Å². The van der Waals surface area contributed by atoms with Gasteiger partial charge in [-0.15, -0.1) is 11.3 Å². The third-order valence-electron chi connectivity index (χ3n) is 2.26. The fourth-order valence-electron chi connectivity index (χ4n) is 1.46. The molecule has 0 fully saturated rings. The number of phenols is 1. The van der Waals surface area contributed by atoms with Crippen molar-refractivity contribution in [2.45, 2.75) is 9.92 Å². The predicted molar refractivity (Wildman–Crippen MR) is 69.6 cm³/mol. The highest BCUT2D eigenvalue weighted by molar-refractivity contribution is 7.99. The van der Waals surface area contributed by atoms with Crippen LogP contribution in [0.15, 0.2) is 52.0 Å². The number of aromatic nitrogens is 2. The van der Waals surface area contributed by atoms with Crippen LogP contribution in [0.4, 0.5) is 0 Å². The summed E-state index contributed by atoms with van der Waals surface area (Å²) in [6.45, 7) is 0. The molecular formula is C12H8N2OS2. The molecule has 0 bridgehead atoms. The molecule has 2 heterocycles. The van der Waals surface area contributed by atoms with Gasteiger partial charge in [0.15, 0.2) is 0 Å². The standard InChI is InChI=1S/C12H8N2OS2/c15-8-1-3-9(4-2-8)17-12-11-10(5-6-16-11)13-7-14-12/h1-7,15H. The van der Waals surface area contributed by atoms with E-state index in [1.165, 1.54) is 0 Å². The quantitative estimate of drug-likeness (QED) is 0.716. The van der Waals surface area contributed by atoms with Gasteiger partial charge in [0, 0.05) is 4.90 Å². The Morgan fingerprint density at radius 1 is 1.06 bits per heavy atom. The molecule has 2 aromatic heterocycles. The van der Waals surface area contributed by atoms with Crippen LogP contribution in [0.3, 0.4) is 0 Å². The molecule has 1 aromatic carbocycles. The third-order valence-corrected chi connectivity index (χ3v) is 4.31. The molecular weight excluding hydrogens is 252 g/mol. The van der Waals surface area contributed by atoms with Crippen molar-refractivity contribution in [3.05, 3.63) is 42.0 Å². The molecule has 0 radical (unpaired) electrons. The molecule has 3 rings (SSSR count). The van der Waals surface area contributed by atoms with Crippen molar-refractivity contribution in [1.29, 1.82) is 0 Å². The lowest BCUT2D eigenvalue weighted by Gasteiger charge is -2.01. The first-order chi connectivity index (χ1) is 8.33. The average Bonchev–Trinajstić information content (AvgIpc) is 2.81. The summed E-state index contributed by atoms with van der Waals surface area (Å²) in [4.78, 5) is 9.55. The third kappa shape index (κ3) is 2.11. The molecule has 0 unspecified atom stereocenters. The van der Waals surface area contributed by atoms with Crippen LogP contribution < -0.4 is 0 Å². The van der Waals surface area contributed by atoms with Crippen LogP contribution in [-0.2, 0) is 0 Å². The van der Waals surface area contributed by atoms with E-state index in [9.17, 15) is 5.11 Å². The zero-order chi connectivity index (χ0) is 11.7. The normalized spacial score (nSPS) is 10.8. The molecule has 0 spiro atoms. The van der Waals surface area contributed by atoms with E-state index >= 15 is 0 Å². The Morgan fingerprint density at radius 3 is 2.71 bits per heavy atom. The van der Waals surface area contributed by atoms with Gasteiger partial charge in [-0.25, -0.2) is 9.97 Å². The summed E-state index contributed by atoms with van der Waals surface area (Å²) >= 11 is 3.22. The lowest BCUT2D eigenvalue weighted by molar-refractivity contribution is 0.475. The highest BCUT2D eigenvalue weighted by atomic mass is 32.2. The van der Waals surface area contributed by atoms with Gasteiger partial charge in [-0.3, -0.25) is 0 Å². The monoisotopic (exact) mass is 260 g/mol. The van der Waals surface area contributed by atoms with Gasteiger partial charge < -0.3 is 5.11 Å². The zero-order valence-corrected chi connectivity index (χ0v) is 10.3. The minimum absolute atomic E-state index is 0.276. The van der Waals surface area contributed by atoms with Gasteiger partial charge in [-0.05, 0) is 35.7 Å². The van der Waals surface area contributed by atoms with Crippen LogP contribution in [0, 0.1) is 0 Å². The SMILES string of the molecule is Oc1ccc(Sc2ncnc3ccsc23)cc1. The van der Waals surface area contributed by atoms with Crippen molar-refractivity contribution in [1.82, 2.24) is 9.97 Å². The summed E-state index contributed by atoms with van der Waals surface area (Å²) in [7, 11) is 0. The van der Waals surface area contributed by atoms with Gasteiger partial charge in [0.2, 0.25) is 0 Å². The zero-order valence-electron chi connectivity index (χ0n) is 8.70. The number of hydrogen-bond donors (Lipinski definition) is 1. The number of rotatable bonds is 2. The van der Waals surface area contributed by atoms with Gasteiger partial charge >= 0.3 is 0 Å². The summed E-state index contributed by atoms with van der Waals surface area (Å²) < 4.78 is 1.10. The second-order valence-corrected chi connectivity index (χ2v) is 5.39. The van der Waals surface area contributed by atoms with Crippen molar-refractivity contribution in [3.8, 4) is 5.75 Å². The van der Waals surface area contributed by atoms with Crippen LogP contribution >= 0.6 is 23.1 Å². The van der Waals surface area contributed by atoms with Crippen LogP contribution in [0.5, 0.6) is 5.75 Å². The number of aromatic hydroxyl groups is 1. The molecule has 5 heteroatoms. The average molecular weight is 260 g/mol. The number of nitrogens with zero attached hydrogens (tertiary/aromatic N) is 2. The molecule has 0 saturated carbocycles. The Hall–Kier alpha value is -1.59. The van der Waals surface area contributed by atoms with E-state index in [1.54, 1.807) is 41.6 Å². The van der Waals surface area contributed by atoms with Crippen LogP contribution in [0.25, 0.3) is 10.2 Å². The highest BCUT2D eigenvalue weighted by Crippen LogP contribution is 2.33. The summed E-state index contributed by atoms with van der Waals surface area (Å²) in [6.07, 6.45) is 1.58. The first-order valence-corrected chi connectivity index (χ1v) is 6.67. The number of phenolic OH excluding ortho intramolecular Hbond substituents is 1. The van der Waals surface area contributed by atoms with Gasteiger partial charge in [-0.1, -0.05) is 11.8 Å². The van der Waals surface area contributed by atoms with Crippen LogP contribution in [-0.4, -0.2) is 15.1 Å². The molecule has 17 heavy (non-hydrogen) atoms. The molecule has 0 aliphatic rings. The van der Waals surface area contributed by atoms with E-state index in [4.69, 9.17) is 0 Å². The highest BCUT2D eigenvalue weighted by Gasteiger charge is 2.06. The smallest absolute Gasteiger partial charge is 0.122 e. The molecule has 84 valence electrons. The predicted octanol–water partition coefficient (Wildman–Crippen LogP) is 3.55. The molecule has 0 atom stereocenters. The topological polar surface area (TPSA) is 46.0 Å². The molecule has 0 aliphatic carbocycles. The summed E-state index contributed by atoms with van der Waals surface area (Å²) in [5.74, 6) is 0.276. The number of fused-ring (bicyclic) bond motifs is 1. The Labute approximate surface area is 106 Å². The van der Waals surface area contributed by atoms with Gasteiger partial charge in [-0.2, -0.15) is 0 Å². The molecule has 3 nitrogen and oxygen atoms in total. The van der Waals surface area contributed by atoms with Crippen molar-refractivity contribution in [2.24, 2.45) is 0 Å². The molecule has 1 N–H and O–H groups in total.